The van der Waals surface area contributed by atoms with Crippen LogP contribution in [0.2, 0.25) is 0 Å². The Morgan fingerprint density at radius 2 is 1.94 bits per heavy atom. The summed E-state index contributed by atoms with van der Waals surface area (Å²) in [5, 5.41) is 8.73. The monoisotopic (exact) mass is 245 g/mol. The summed E-state index contributed by atoms with van der Waals surface area (Å²) in [6, 6.07) is 4.15. The van der Waals surface area contributed by atoms with Crippen molar-refractivity contribution in [3.8, 4) is 0 Å². The van der Waals surface area contributed by atoms with Crippen LogP contribution in [-0.2, 0) is 28.9 Å². The first kappa shape index (κ1) is 11.3. The molecule has 2 aliphatic heterocycles. The van der Waals surface area contributed by atoms with Crippen LogP contribution in [0.15, 0.2) is 12.1 Å². The first-order chi connectivity index (χ1) is 8.65. The molecule has 3 rings (SSSR count). The van der Waals surface area contributed by atoms with E-state index < -0.39 is 5.97 Å². The van der Waals surface area contributed by atoms with Gasteiger partial charge in [-0.2, -0.15) is 0 Å². The molecule has 94 valence electrons. The zero-order chi connectivity index (χ0) is 12.7. The van der Waals surface area contributed by atoms with Gasteiger partial charge in [0.15, 0.2) is 0 Å². The van der Waals surface area contributed by atoms with Crippen LogP contribution in [0.4, 0.5) is 5.69 Å². The fraction of sp³-hybridized carbons (Fsp3) is 0.429. The van der Waals surface area contributed by atoms with Gasteiger partial charge in [-0.15, -0.1) is 0 Å². The van der Waals surface area contributed by atoms with E-state index in [0.29, 0.717) is 12.8 Å². The number of aryl methyl sites for hydroxylation is 2. The molecule has 0 saturated heterocycles. The summed E-state index contributed by atoms with van der Waals surface area (Å²) in [7, 11) is 0. The Hall–Kier alpha value is -1.84. The summed E-state index contributed by atoms with van der Waals surface area (Å²) in [6.07, 6.45) is 3.01. The second-order valence-corrected chi connectivity index (χ2v) is 4.95. The lowest BCUT2D eigenvalue weighted by atomic mass is 9.95. The van der Waals surface area contributed by atoms with Crippen LogP contribution in [0.5, 0.6) is 0 Å². The normalized spacial score (nSPS) is 16.9. The minimum Gasteiger partial charge on any atom is -0.481 e. The Balaban J connectivity index is 1.94. The van der Waals surface area contributed by atoms with Gasteiger partial charge in [0.2, 0.25) is 5.91 Å². The molecule has 4 heteroatoms. The number of nitrogens with zero attached hydrogens (tertiary/aromatic N) is 1. The molecule has 0 aromatic heterocycles. The summed E-state index contributed by atoms with van der Waals surface area (Å²) in [5.74, 6) is -0.541. The lowest BCUT2D eigenvalue weighted by Gasteiger charge is -2.25. The number of hydrogen-bond donors (Lipinski definition) is 1. The second-order valence-electron chi connectivity index (χ2n) is 4.95. The van der Waals surface area contributed by atoms with Gasteiger partial charge in [-0.1, -0.05) is 12.1 Å². The highest BCUT2D eigenvalue weighted by Crippen LogP contribution is 2.37. The lowest BCUT2D eigenvalue weighted by Crippen LogP contribution is -2.32. The molecule has 1 aromatic rings. The molecular formula is C14H15NO3. The molecule has 1 aromatic carbocycles. The average molecular weight is 245 g/mol. The van der Waals surface area contributed by atoms with E-state index in [1.165, 1.54) is 11.1 Å². The summed E-state index contributed by atoms with van der Waals surface area (Å²) in [4.78, 5) is 24.3. The van der Waals surface area contributed by atoms with Crippen molar-refractivity contribution in [1.82, 2.24) is 0 Å². The third-order valence-electron chi connectivity index (χ3n) is 3.74. The maximum atomic E-state index is 11.8. The average Bonchev–Trinajstić information content (AvgIpc) is 2.76. The highest BCUT2D eigenvalue weighted by atomic mass is 16.4. The third kappa shape index (κ3) is 1.78. The van der Waals surface area contributed by atoms with Crippen molar-refractivity contribution in [3.63, 3.8) is 0 Å². The predicted molar refractivity (Wildman–Crippen MR) is 66.8 cm³/mol. The second kappa shape index (κ2) is 4.12. The maximum Gasteiger partial charge on any atom is 0.303 e. The number of carbonyl (C=O) groups is 2. The van der Waals surface area contributed by atoms with Crippen LogP contribution in [0.25, 0.3) is 0 Å². The van der Waals surface area contributed by atoms with E-state index in [1.807, 2.05) is 4.90 Å². The maximum absolute atomic E-state index is 11.8. The highest BCUT2D eigenvalue weighted by molar-refractivity contribution is 5.98. The standard InChI is InChI=1S/C14H15NO3/c16-12-3-2-10-7-9(1-4-13(17)18)8-11-5-6-15(12)14(10)11/h7-8H,1-6H2,(H,17,18). The van der Waals surface area contributed by atoms with Crippen LogP contribution in [0.1, 0.15) is 29.5 Å². The zero-order valence-electron chi connectivity index (χ0n) is 10.1. The molecular weight excluding hydrogens is 230 g/mol. The number of hydrogen-bond acceptors (Lipinski definition) is 2. The van der Waals surface area contributed by atoms with E-state index in [2.05, 4.69) is 12.1 Å². The number of benzene rings is 1. The molecule has 0 spiro atoms. The third-order valence-corrected chi connectivity index (χ3v) is 3.74. The largest absolute Gasteiger partial charge is 0.481 e. The van der Waals surface area contributed by atoms with Gasteiger partial charge in [0.25, 0.3) is 0 Å². The summed E-state index contributed by atoms with van der Waals surface area (Å²) in [6.45, 7) is 0.781. The van der Waals surface area contributed by atoms with Gasteiger partial charge in [0.05, 0.1) is 5.69 Å². The van der Waals surface area contributed by atoms with E-state index >= 15 is 0 Å². The molecule has 0 atom stereocenters. The van der Waals surface area contributed by atoms with Crippen molar-refractivity contribution in [3.05, 3.63) is 28.8 Å². The number of rotatable bonds is 3. The van der Waals surface area contributed by atoms with Crippen LogP contribution < -0.4 is 4.90 Å². The summed E-state index contributed by atoms with van der Waals surface area (Å²) in [5.41, 5.74) is 4.61. The van der Waals surface area contributed by atoms with Gasteiger partial charge >= 0.3 is 5.97 Å². The van der Waals surface area contributed by atoms with Crippen molar-refractivity contribution < 1.29 is 14.7 Å². The van der Waals surface area contributed by atoms with E-state index in [1.54, 1.807) is 0 Å². The predicted octanol–water partition coefficient (Wildman–Crippen LogP) is 1.54. The van der Waals surface area contributed by atoms with Crippen molar-refractivity contribution in [2.45, 2.75) is 32.1 Å². The summed E-state index contributed by atoms with van der Waals surface area (Å²) < 4.78 is 0. The quantitative estimate of drug-likeness (QED) is 0.878. The van der Waals surface area contributed by atoms with E-state index in [0.717, 1.165) is 30.6 Å². The van der Waals surface area contributed by atoms with Gasteiger partial charge < -0.3 is 10.0 Å². The van der Waals surface area contributed by atoms with Crippen molar-refractivity contribution in [2.75, 3.05) is 11.4 Å². The molecule has 4 nitrogen and oxygen atoms in total. The van der Waals surface area contributed by atoms with Crippen LogP contribution in [-0.4, -0.2) is 23.5 Å². The van der Waals surface area contributed by atoms with E-state index in [-0.39, 0.29) is 12.3 Å². The van der Waals surface area contributed by atoms with Crippen molar-refractivity contribution in [1.29, 1.82) is 0 Å². The Morgan fingerprint density at radius 3 is 2.67 bits per heavy atom. The first-order valence-electron chi connectivity index (χ1n) is 6.32. The summed E-state index contributed by atoms with van der Waals surface area (Å²) >= 11 is 0. The molecule has 0 radical (unpaired) electrons. The minimum atomic E-state index is -0.763. The Bertz CT molecular complexity index is 536. The molecule has 2 heterocycles. The van der Waals surface area contributed by atoms with Crippen LogP contribution in [0.3, 0.4) is 0 Å². The van der Waals surface area contributed by atoms with Gasteiger partial charge in [-0.05, 0) is 36.0 Å². The van der Waals surface area contributed by atoms with Gasteiger partial charge in [0.1, 0.15) is 0 Å². The molecule has 1 N–H and O–H groups in total. The SMILES string of the molecule is O=C(O)CCc1cc2c3c(c1)CCN3C(=O)CC2. The highest BCUT2D eigenvalue weighted by Gasteiger charge is 2.31. The fourth-order valence-corrected chi connectivity index (χ4v) is 2.93. The van der Waals surface area contributed by atoms with Gasteiger partial charge in [0, 0.05) is 19.4 Å². The Kier molecular flexibility index (Phi) is 2.58. The first-order valence-corrected chi connectivity index (χ1v) is 6.32. The van der Waals surface area contributed by atoms with Crippen molar-refractivity contribution >= 4 is 17.6 Å². The topological polar surface area (TPSA) is 57.6 Å². The van der Waals surface area contributed by atoms with E-state index in [4.69, 9.17) is 5.11 Å². The number of anilines is 1. The van der Waals surface area contributed by atoms with Gasteiger partial charge in [-0.25, -0.2) is 0 Å². The Labute approximate surface area is 105 Å². The van der Waals surface area contributed by atoms with E-state index in [9.17, 15) is 9.59 Å². The molecule has 0 bridgehead atoms. The van der Waals surface area contributed by atoms with Crippen LogP contribution in [0, 0.1) is 0 Å². The molecule has 18 heavy (non-hydrogen) atoms. The molecule has 0 fully saturated rings. The smallest absolute Gasteiger partial charge is 0.303 e. The Morgan fingerprint density at radius 1 is 1.22 bits per heavy atom. The molecule has 2 aliphatic rings. The zero-order valence-corrected chi connectivity index (χ0v) is 10.1. The molecule has 0 aliphatic carbocycles. The molecule has 1 amide bonds. The lowest BCUT2D eigenvalue weighted by molar-refractivity contribution is -0.137. The number of aliphatic carboxylic acids is 1. The van der Waals surface area contributed by atoms with Crippen molar-refractivity contribution in [2.24, 2.45) is 0 Å². The van der Waals surface area contributed by atoms with Gasteiger partial charge in [-0.3, -0.25) is 9.59 Å². The number of carbonyl (C=O) groups excluding carboxylic acids is 1. The number of amides is 1. The van der Waals surface area contributed by atoms with Crippen LogP contribution >= 0.6 is 0 Å². The molecule has 0 saturated carbocycles. The minimum absolute atomic E-state index is 0.168. The fourth-order valence-electron chi connectivity index (χ4n) is 2.93. The number of carboxylic acid groups (broad SMARTS) is 1. The number of carboxylic acids is 1. The molecule has 0 unspecified atom stereocenters.